The predicted octanol–water partition coefficient (Wildman–Crippen LogP) is 4.77. The normalized spacial score (nSPS) is 13.9. The number of thiazole rings is 1. The lowest BCUT2D eigenvalue weighted by molar-refractivity contribution is 0.174. The van der Waals surface area contributed by atoms with Crippen LogP contribution in [0.5, 0.6) is 0 Å². The van der Waals surface area contributed by atoms with Crippen LogP contribution in [0.1, 0.15) is 40.3 Å². The van der Waals surface area contributed by atoms with E-state index in [-0.39, 0.29) is 4.90 Å². The summed E-state index contributed by atoms with van der Waals surface area (Å²) in [6.45, 7) is 6.12. The van der Waals surface area contributed by atoms with Gasteiger partial charge in [-0.25, -0.2) is 13.4 Å². The van der Waals surface area contributed by atoms with E-state index in [9.17, 15) is 13.5 Å². The molecule has 2 aromatic heterocycles. The van der Waals surface area contributed by atoms with Gasteiger partial charge in [-0.3, -0.25) is 9.71 Å². The Balaban J connectivity index is 1.17. The summed E-state index contributed by atoms with van der Waals surface area (Å²) in [5, 5.41) is 14.4. The second kappa shape index (κ2) is 11.8. The molecule has 0 amide bonds. The minimum absolute atomic E-state index is 0.258. The number of rotatable bonds is 11. The Bertz CT molecular complexity index is 1520. The Labute approximate surface area is 233 Å². The van der Waals surface area contributed by atoms with Gasteiger partial charge in [-0.05, 0) is 80.3 Å². The zero-order valence-electron chi connectivity index (χ0n) is 22.1. The van der Waals surface area contributed by atoms with Crippen molar-refractivity contribution in [3.05, 3.63) is 94.3 Å². The van der Waals surface area contributed by atoms with Crippen molar-refractivity contribution in [3.8, 4) is 0 Å². The lowest BCUT2D eigenvalue weighted by Gasteiger charge is -2.16. The fourth-order valence-electron chi connectivity index (χ4n) is 4.72. The van der Waals surface area contributed by atoms with Crippen molar-refractivity contribution in [3.63, 3.8) is 0 Å². The van der Waals surface area contributed by atoms with Crippen molar-refractivity contribution < 1.29 is 13.5 Å². The number of aliphatic hydroxyl groups excluding tert-OH is 1. The summed E-state index contributed by atoms with van der Waals surface area (Å²) in [7, 11) is -3.72. The molecule has 1 unspecified atom stereocenters. The fraction of sp³-hybridized carbons (Fsp3) is 0.310. The standard InChI is InChI=1S/C29H33N5O3S2/c1-3-26-20(2)38-29(32-26)34-16-13-22-17-25(10-11-27(22)34)39(36,37)33-24-8-6-21(7-9-24)12-15-31-19-28(35)23-5-4-14-30-18-23/h4-11,14,17-18,28,31,33,35H,3,12-13,15-16,19H2,1-2H3. The van der Waals surface area contributed by atoms with Crippen molar-refractivity contribution in [1.82, 2.24) is 15.3 Å². The Kier molecular flexibility index (Phi) is 8.27. The largest absolute Gasteiger partial charge is 0.387 e. The molecule has 3 N–H and O–H groups in total. The molecule has 1 atom stereocenters. The number of nitrogens with zero attached hydrogens (tertiary/aromatic N) is 3. The first kappa shape index (κ1) is 27.3. The third-order valence-corrected chi connectivity index (χ3v) is 9.32. The number of hydrogen-bond donors (Lipinski definition) is 3. The molecule has 0 saturated carbocycles. The maximum atomic E-state index is 13.1. The van der Waals surface area contributed by atoms with Crippen molar-refractivity contribution in [2.75, 3.05) is 29.3 Å². The van der Waals surface area contributed by atoms with Crippen LogP contribution < -0.4 is 14.9 Å². The van der Waals surface area contributed by atoms with Crippen LogP contribution in [-0.4, -0.2) is 43.1 Å². The van der Waals surface area contributed by atoms with E-state index in [0.29, 0.717) is 18.8 Å². The van der Waals surface area contributed by atoms with Crippen LogP contribution in [-0.2, 0) is 29.3 Å². The van der Waals surface area contributed by atoms with E-state index in [1.54, 1.807) is 54.1 Å². The van der Waals surface area contributed by atoms with Crippen LogP contribution in [0.25, 0.3) is 0 Å². The van der Waals surface area contributed by atoms with Crippen molar-refractivity contribution in [2.45, 2.75) is 44.1 Å². The molecule has 204 valence electrons. The van der Waals surface area contributed by atoms with Crippen molar-refractivity contribution in [1.29, 1.82) is 0 Å². The second-order valence-electron chi connectivity index (χ2n) is 9.60. The van der Waals surface area contributed by atoms with E-state index in [0.717, 1.165) is 59.0 Å². The van der Waals surface area contributed by atoms with Crippen LogP contribution >= 0.6 is 11.3 Å². The first-order chi connectivity index (χ1) is 18.8. The van der Waals surface area contributed by atoms with Gasteiger partial charge >= 0.3 is 0 Å². The number of hydrogen-bond acceptors (Lipinski definition) is 8. The van der Waals surface area contributed by atoms with Crippen LogP contribution in [0.3, 0.4) is 0 Å². The van der Waals surface area contributed by atoms with Gasteiger partial charge in [-0.1, -0.05) is 25.1 Å². The molecular weight excluding hydrogens is 530 g/mol. The molecule has 0 radical (unpaired) electrons. The van der Waals surface area contributed by atoms with Gasteiger partial charge in [0.2, 0.25) is 0 Å². The first-order valence-corrected chi connectivity index (χ1v) is 15.4. The molecule has 0 aliphatic carbocycles. The molecule has 1 aliphatic heterocycles. The molecule has 1 aliphatic rings. The molecule has 4 aromatic rings. The number of sulfonamides is 1. The van der Waals surface area contributed by atoms with Crippen molar-refractivity contribution >= 4 is 37.9 Å². The number of aromatic nitrogens is 2. The molecule has 2 aromatic carbocycles. The highest BCUT2D eigenvalue weighted by molar-refractivity contribution is 7.92. The van der Waals surface area contributed by atoms with Gasteiger partial charge < -0.3 is 15.3 Å². The lowest BCUT2D eigenvalue weighted by Crippen LogP contribution is -2.23. The summed E-state index contributed by atoms with van der Waals surface area (Å²) in [4.78, 5) is 12.5. The van der Waals surface area contributed by atoms with Crippen LogP contribution in [0.4, 0.5) is 16.5 Å². The van der Waals surface area contributed by atoms with E-state index >= 15 is 0 Å². The van der Waals surface area contributed by atoms with Gasteiger partial charge in [0.15, 0.2) is 5.13 Å². The fourth-order valence-corrected chi connectivity index (χ4v) is 6.86. The van der Waals surface area contributed by atoms with Crippen LogP contribution in [0, 0.1) is 6.92 Å². The monoisotopic (exact) mass is 563 g/mol. The van der Waals surface area contributed by atoms with E-state index in [4.69, 9.17) is 4.98 Å². The zero-order chi connectivity index (χ0) is 27.4. The van der Waals surface area contributed by atoms with E-state index in [2.05, 4.69) is 33.8 Å². The van der Waals surface area contributed by atoms with E-state index in [1.807, 2.05) is 24.3 Å². The van der Waals surface area contributed by atoms with Gasteiger partial charge in [-0.15, -0.1) is 11.3 Å². The smallest absolute Gasteiger partial charge is 0.261 e. The number of aryl methyl sites for hydroxylation is 2. The SMILES string of the molecule is CCc1nc(N2CCc3cc(S(=O)(=O)Nc4ccc(CCNCC(O)c5cccnc5)cc4)ccc32)sc1C. The number of nitrogens with one attached hydrogen (secondary N) is 2. The number of anilines is 3. The third kappa shape index (κ3) is 6.30. The molecule has 5 rings (SSSR count). The molecule has 39 heavy (non-hydrogen) atoms. The minimum atomic E-state index is -3.72. The summed E-state index contributed by atoms with van der Waals surface area (Å²) in [5.74, 6) is 0. The molecule has 3 heterocycles. The average molecular weight is 564 g/mol. The highest BCUT2D eigenvalue weighted by Gasteiger charge is 2.26. The molecule has 8 nitrogen and oxygen atoms in total. The van der Waals surface area contributed by atoms with Crippen LogP contribution in [0.15, 0.2) is 71.9 Å². The van der Waals surface area contributed by atoms with Crippen molar-refractivity contribution in [2.24, 2.45) is 0 Å². The zero-order valence-corrected chi connectivity index (χ0v) is 23.7. The first-order valence-electron chi connectivity index (χ1n) is 13.1. The highest BCUT2D eigenvalue weighted by atomic mass is 32.2. The van der Waals surface area contributed by atoms with Gasteiger partial charge in [0.1, 0.15) is 0 Å². The Morgan fingerprint density at radius 3 is 2.69 bits per heavy atom. The quantitative estimate of drug-likeness (QED) is 0.226. The molecule has 0 fully saturated rings. The van der Waals surface area contributed by atoms with Gasteiger partial charge in [0, 0.05) is 47.3 Å². The summed E-state index contributed by atoms with van der Waals surface area (Å²) in [5.41, 5.74) is 5.53. The summed E-state index contributed by atoms with van der Waals surface area (Å²) >= 11 is 1.69. The van der Waals surface area contributed by atoms with E-state index < -0.39 is 16.1 Å². The lowest BCUT2D eigenvalue weighted by atomic mass is 10.1. The minimum Gasteiger partial charge on any atom is -0.387 e. The Hall–Kier alpha value is -3.31. The number of pyridine rings is 1. The summed E-state index contributed by atoms with van der Waals surface area (Å²) < 4.78 is 29.0. The topological polar surface area (TPSA) is 107 Å². The average Bonchev–Trinajstić information content (AvgIpc) is 3.54. The second-order valence-corrected chi connectivity index (χ2v) is 12.5. The highest BCUT2D eigenvalue weighted by Crippen LogP contribution is 2.38. The summed E-state index contributed by atoms with van der Waals surface area (Å²) in [6, 6.07) is 16.4. The molecule has 0 spiro atoms. The number of benzene rings is 2. The summed E-state index contributed by atoms with van der Waals surface area (Å²) in [6.07, 6.45) is 5.17. The van der Waals surface area contributed by atoms with Gasteiger partial charge in [0.05, 0.1) is 16.7 Å². The maximum absolute atomic E-state index is 13.1. The van der Waals surface area contributed by atoms with E-state index in [1.165, 1.54) is 4.88 Å². The molecular formula is C29H33N5O3S2. The Morgan fingerprint density at radius 2 is 1.97 bits per heavy atom. The van der Waals surface area contributed by atoms with Gasteiger partial charge in [-0.2, -0.15) is 0 Å². The Morgan fingerprint density at radius 1 is 1.15 bits per heavy atom. The number of fused-ring (bicyclic) bond motifs is 1. The maximum Gasteiger partial charge on any atom is 0.261 e. The molecule has 10 heteroatoms. The number of aliphatic hydroxyl groups is 1. The van der Waals surface area contributed by atoms with Crippen LogP contribution in [0.2, 0.25) is 0 Å². The van der Waals surface area contributed by atoms with Gasteiger partial charge in [0.25, 0.3) is 10.0 Å². The predicted molar refractivity (Wildman–Crippen MR) is 156 cm³/mol. The third-order valence-electron chi connectivity index (χ3n) is 6.91. The molecule has 0 saturated heterocycles. The molecule has 0 bridgehead atoms.